The number of imidazole rings is 1. The number of aromatic nitrogens is 2. The molecule has 1 heterocycles. The van der Waals surface area contributed by atoms with Crippen LogP contribution in [0.2, 0.25) is 0 Å². The maximum absolute atomic E-state index is 10.1. The summed E-state index contributed by atoms with van der Waals surface area (Å²) >= 11 is 0. The summed E-state index contributed by atoms with van der Waals surface area (Å²) in [5.74, 6) is 0. The smallest absolute Gasteiger partial charge is 0.0945 e. The van der Waals surface area contributed by atoms with Crippen LogP contribution in [0.3, 0.4) is 0 Å². The van der Waals surface area contributed by atoms with Crippen LogP contribution in [0, 0.1) is 0 Å². The molecular weight excluding hydrogens is 116 g/mol. The first-order chi connectivity index (χ1) is 4.34. The Morgan fingerprint density at radius 2 is 2.56 bits per heavy atom. The summed E-state index contributed by atoms with van der Waals surface area (Å²) in [4.78, 5) is 3.86. The standard InChI is InChI=1S/C6H9N2O/c1-8-5-7-4-6(8)2-3-9/h4-5H,2-3H2,1H3. The maximum Gasteiger partial charge on any atom is 0.0945 e. The van der Waals surface area contributed by atoms with Gasteiger partial charge in [0.15, 0.2) is 0 Å². The molecule has 0 aliphatic heterocycles. The topological polar surface area (TPSA) is 37.7 Å². The molecule has 49 valence electrons. The molecule has 1 aromatic rings. The molecule has 0 saturated carbocycles. The van der Waals surface area contributed by atoms with E-state index in [4.69, 9.17) is 0 Å². The summed E-state index contributed by atoms with van der Waals surface area (Å²) in [5, 5.41) is 10.1. The summed E-state index contributed by atoms with van der Waals surface area (Å²) in [6, 6.07) is 0. The molecule has 3 heteroatoms. The molecule has 0 N–H and O–H groups in total. The Kier molecular flexibility index (Phi) is 1.85. The van der Waals surface area contributed by atoms with Crippen molar-refractivity contribution in [1.29, 1.82) is 0 Å². The van der Waals surface area contributed by atoms with Gasteiger partial charge in [-0.15, -0.1) is 0 Å². The maximum atomic E-state index is 10.1. The number of hydrogen-bond donors (Lipinski definition) is 0. The van der Waals surface area contributed by atoms with Crippen LogP contribution in [0.4, 0.5) is 0 Å². The molecule has 0 saturated heterocycles. The predicted molar refractivity (Wildman–Crippen MR) is 32.5 cm³/mol. The molecule has 0 spiro atoms. The van der Waals surface area contributed by atoms with E-state index in [-0.39, 0.29) is 6.61 Å². The van der Waals surface area contributed by atoms with Gasteiger partial charge >= 0.3 is 0 Å². The van der Waals surface area contributed by atoms with E-state index in [0.29, 0.717) is 6.42 Å². The molecular formula is C6H9N2O. The zero-order valence-corrected chi connectivity index (χ0v) is 5.37. The average molecular weight is 125 g/mol. The van der Waals surface area contributed by atoms with Gasteiger partial charge in [0.2, 0.25) is 0 Å². The third-order valence-corrected chi connectivity index (χ3v) is 1.27. The van der Waals surface area contributed by atoms with E-state index in [1.54, 1.807) is 12.5 Å². The Balaban J connectivity index is 2.69. The molecule has 1 rings (SSSR count). The van der Waals surface area contributed by atoms with Crippen LogP contribution >= 0.6 is 0 Å². The molecule has 1 radical (unpaired) electrons. The van der Waals surface area contributed by atoms with E-state index in [0.717, 1.165) is 5.69 Å². The predicted octanol–water partition coefficient (Wildman–Crippen LogP) is 0.393. The number of nitrogens with zero attached hydrogens (tertiary/aromatic N) is 2. The fourth-order valence-corrected chi connectivity index (χ4v) is 0.730. The van der Waals surface area contributed by atoms with Crippen molar-refractivity contribution in [1.82, 2.24) is 9.55 Å². The highest BCUT2D eigenvalue weighted by Crippen LogP contribution is 1.95. The fourth-order valence-electron chi connectivity index (χ4n) is 0.730. The van der Waals surface area contributed by atoms with Crippen LogP contribution in [0.5, 0.6) is 0 Å². The molecule has 0 aromatic carbocycles. The molecule has 0 unspecified atom stereocenters. The SMILES string of the molecule is Cn1cncc1CC[O]. The number of aryl methyl sites for hydroxylation is 1. The quantitative estimate of drug-likeness (QED) is 0.563. The lowest BCUT2D eigenvalue weighted by atomic mass is 10.3. The van der Waals surface area contributed by atoms with E-state index in [9.17, 15) is 5.11 Å². The molecule has 0 amide bonds. The fraction of sp³-hybridized carbons (Fsp3) is 0.500. The van der Waals surface area contributed by atoms with E-state index in [1.165, 1.54) is 0 Å². The Labute approximate surface area is 54.0 Å². The second kappa shape index (κ2) is 2.64. The summed E-state index contributed by atoms with van der Waals surface area (Å²) in [6.07, 6.45) is 4.00. The number of rotatable bonds is 2. The molecule has 0 aliphatic carbocycles. The van der Waals surface area contributed by atoms with E-state index >= 15 is 0 Å². The van der Waals surface area contributed by atoms with E-state index in [1.807, 2.05) is 11.6 Å². The highest BCUT2D eigenvalue weighted by atomic mass is 16.3. The number of hydrogen-bond acceptors (Lipinski definition) is 1. The van der Waals surface area contributed by atoms with Crippen molar-refractivity contribution in [3.05, 3.63) is 18.2 Å². The summed E-state index contributed by atoms with van der Waals surface area (Å²) in [5.41, 5.74) is 1.00. The third kappa shape index (κ3) is 1.29. The van der Waals surface area contributed by atoms with Crippen molar-refractivity contribution in [2.24, 2.45) is 7.05 Å². The summed E-state index contributed by atoms with van der Waals surface area (Å²) < 4.78 is 1.86. The van der Waals surface area contributed by atoms with Crippen LogP contribution in [-0.2, 0) is 18.6 Å². The second-order valence-electron chi connectivity index (χ2n) is 1.95. The van der Waals surface area contributed by atoms with Gasteiger partial charge in [-0.05, 0) is 0 Å². The van der Waals surface area contributed by atoms with Crippen molar-refractivity contribution in [2.75, 3.05) is 6.61 Å². The van der Waals surface area contributed by atoms with Gasteiger partial charge in [-0.2, -0.15) is 0 Å². The molecule has 0 atom stereocenters. The van der Waals surface area contributed by atoms with Crippen molar-refractivity contribution >= 4 is 0 Å². The van der Waals surface area contributed by atoms with Gasteiger partial charge in [-0.3, -0.25) is 0 Å². The van der Waals surface area contributed by atoms with Crippen molar-refractivity contribution in [2.45, 2.75) is 6.42 Å². The minimum Gasteiger partial charge on any atom is -0.338 e. The van der Waals surface area contributed by atoms with Crippen LogP contribution < -0.4 is 0 Å². The van der Waals surface area contributed by atoms with Crippen LogP contribution in [0.15, 0.2) is 12.5 Å². The lowest BCUT2D eigenvalue weighted by Gasteiger charge is -1.94. The van der Waals surface area contributed by atoms with Gasteiger partial charge < -0.3 is 4.57 Å². The van der Waals surface area contributed by atoms with E-state index < -0.39 is 0 Å². The molecule has 3 nitrogen and oxygen atoms in total. The van der Waals surface area contributed by atoms with Gasteiger partial charge in [0, 0.05) is 25.4 Å². The van der Waals surface area contributed by atoms with Gasteiger partial charge in [0.1, 0.15) is 0 Å². The van der Waals surface area contributed by atoms with Gasteiger partial charge in [0.05, 0.1) is 12.9 Å². The Morgan fingerprint density at radius 3 is 3.00 bits per heavy atom. The van der Waals surface area contributed by atoms with Gasteiger partial charge in [0.25, 0.3) is 0 Å². The third-order valence-electron chi connectivity index (χ3n) is 1.27. The highest BCUT2D eigenvalue weighted by molar-refractivity contribution is 4.96. The van der Waals surface area contributed by atoms with Crippen LogP contribution in [-0.4, -0.2) is 16.2 Å². The summed E-state index contributed by atoms with van der Waals surface area (Å²) in [6.45, 7) is -0.0560. The first-order valence-corrected chi connectivity index (χ1v) is 2.88. The molecule has 9 heavy (non-hydrogen) atoms. The van der Waals surface area contributed by atoms with E-state index in [2.05, 4.69) is 4.98 Å². The second-order valence-corrected chi connectivity index (χ2v) is 1.95. The highest BCUT2D eigenvalue weighted by Gasteiger charge is 1.94. The van der Waals surface area contributed by atoms with Gasteiger partial charge in [-0.1, -0.05) is 0 Å². The monoisotopic (exact) mass is 125 g/mol. The lowest BCUT2D eigenvalue weighted by Crippen LogP contribution is -1.96. The molecule has 0 aliphatic rings. The zero-order chi connectivity index (χ0) is 6.69. The first-order valence-electron chi connectivity index (χ1n) is 2.88. The normalized spacial score (nSPS) is 10.0. The Bertz CT molecular complexity index is 183. The van der Waals surface area contributed by atoms with Crippen LogP contribution in [0.25, 0.3) is 0 Å². The van der Waals surface area contributed by atoms with Crippen LogP contribution in [0.1, 0.15) is 5.69 Å². The Morgan fingerprint density at radius 1 is 1.78 bits per heavy atom. The average Bonchev–Trinajstić information content (AvgIpc) is 2.18. The zero-order valence-electron chi connectivity index (χ0n) is 5.37. The summed E-state index contributed by atoms with van der Waals surface area (Å²) in [7, 11) is 1.89. The largest absolute Gasteiger partial charge is 0.338 e. The minimum atomic E-state index is -0.0560. The van der Waals surface area contributed by atoms with Crippen molar-refractivity contribution in [3.63, 3.8) is 0 Å². The molecule has 0 fully saturated rings. The molecule has 1 aromatic heterocycles. The molecule has 0 bridgehead atoms. The lowest BCUT2D eigenvalue weighted by molar-refractivity contribution is 0.195. The minimum absolute atomic E-state index is 0.0560. The van der Waals surface area contributed by atoms with Crippen molar-refractivity contribution in [3.8, 4) is 0 Å². The first kappa shape index (κ1) is 6.29. The Hall–Kier alpha value is -0.830. The van der Waals surface area contributed by atoms with Gasteiger partial charge in [-0.25, -0.2) is 10.1 Å². The van der Waals surface area contributed by atoms with Crippen molar-refractivity contribution < 1.29 is 5.11 Å².